The number of benzene rings is 2. The summed E-state index contributed by atoms with van der Waals surface area (Å²) in [6.45, 7) is 18.9. The Labute approximate surface area is 252 Å². The molecule has 0 fully saturated rings. The van der Waals surface area contributed by atoms with Gasteiger partial charge in [0.15, 0.2) is 0 Å². The molecule has 0 saturated carbocycles. The first-order valence-corrected chi connectivity index (χ1v) is 13.6. The maximum atomic E-state index is 12.0. The van der Waals surface area contributed by atoms with E-state index in [0.717, 1.165) is 11.1 Å². The zero-order valence-corrected chi connectivity index (χ0v) is 27.3. The molecule has 7 heteroatoms. The molecule has 0 N–H and O–H groups in total. The van der Waals surface area contributed by atoms with Crippen LogP contribution in [0, 0.1) is 0 Å². The molecule has 216 valence electrons. The summed E-state index contributed by atoms with van der Waals surface area (Å²) in [5.74, 6) is 0. The van der Waals surface area contributed by atoms with Crippen LogP contribution in [-0.2, 0) is 21.7 Å². The van der Waals surface area contributed by atoms with E-state index < -0.39 is 22.4 Å². The molecule has 6 nitrogen and oxygen atoms in total. The molecule has 2 rings (SSSR count). The first kappa shape index (κ1) is 37.9. The van der Waals surface area contributed by atoms with E-state index in [1.807, 2.05) is 84.3 Å². The van der Waals surface area contributed by atoms with Gasteiger partial charge in [0.1, 0.15) is 0 Å². The summed E-state index contributed by atoms with van der Waals surface area (Å²) in [6.07, 6.45) is 0. The van der Waals surface area contributed by atoms with Crippen LogP contribution in [0.25, 0.3) is 0 Å². The molecule has 2 atom stereocenters. The zero-order valence-electron chi connectivity index (χ0n) is 25.8. The molecule has 0 aliphatic heterocycles. The van der Waals surface area contributed by atoms with Gasteiger partial charge in [0.05, 0.1) is 0 Å². The molecule has 0 saturated heterocycles. The van der Waals surface area contributed by atoms with Crippen molar-refractivity contribution in [2.75, 3.05) is 26.2 Å². The maximum absolute atomic E-state index is 12.0. The summed E-state index contributed by atoms with van der Waals surface area (Å²) in [5.41, 5.74) is -1.97. The van der Waals surface area contributed by atoms with Gasteiger partial charge in [-0.05, 0) is 51.2 Å². The predicted octanol–water partition coefficient (Wildman–Crippen LogP) is 2.65. The number of nitrogens with zero attached hydrogens (tertiary/aromatic N) is 2. The molecule has 0 heterocycles. The van der Waals surface area contributed by atoms with Crippen LogP contribution in [0.3, 0.4) is 0 Å². The van der Waals surface area contributed by atoms with Gasteiger partial charge < -0.3 is 20.4 Å². The van der Waals surface area contributed by atoms with Crippen LogP contribution in [0.2, 0.25) is 0 Å². The molecule has 0 unspecified atom stereocenters. The van der Waals surface area contributed by atoms with Gasteiger partial charge in [-0.2, -0.15) is 0 Å². The quantitative estimate of drug-likeness (QED) is 0.362. The Bertz CT molecular complexity index is 804. The molecule has 0 amide bonds. The largest absolute Gasteiger partial charge is 4.00 e. The van der Waals surface area contributed by atoms with Crippen LogP contribution in [0.4, 0.5) is 0 Å². The third kappa shape index (κ3) is 17.4. The molecule has 0 radical (unpaired) electrons. The van der Waals surface area contributed by atoms with Gasteiger partial charge in [-0.3, -0.25) is 9.80 Å². The third-order valence-corrected chi connectivity index (χ3v) is 5.99. The summed E-state index contributed by atoms with van der Waals surface area (Å²) >= 11 is 0. The van der Waals surface area contributed by atoms with E-state index in [9.17, 15) is 20.4 Å². The smallest absolute Gasteiger partial charge is 0.849 e. The minimum atomic E-state index is -1.06. The monoisotopic (exact) mass is 574 g/mol. The Morgan fingerprint density at radius 1 is 0.487 bits per heavy atom. The van der Waals surface area contributed by atoms with Crippen molar-refractivity contribution < 1.29 is 42.1 Å². The topological polar surface area (TPSA) is 98.7 Å². The van der Waals surface area contributed by atoms with E-state index in [0.29, 0.717) is 26.2 Å². The molecule has 2 aromatic carbocycles. The van der Waals surface area contributed by atoms with Gasteiger partial charge in [0, 0.05) is 12.1 Å². The van der Waals surface area contributed by atoms with Crippen LogP contribution < -0.4 is 20.4 Å². The van der Waals surface area contributed by atoms with E-state index in [4.69, 9.17) is 0 Å². The Balaban J connectivity index is 0.000000722. The standard InChI is InChI=1S/2C16H25NO2.Ti/c2*1-13(14-9-7-6-8-10-14)17(11-15(2,3)18)12-16(4,5)19;/h2*6-10,13H,11-12H2,1-5H3;/q2*-2;+4/t2*13-;/m11./s1. The van der Waals surface area contributed by atoms with Crippen molar-refractivity contribution in [3.63, 3.8) is 0 Å². The molecular weight excluding hydrogens is 524 g/mol. The number of hydrogen-bond donors (Lipinski definition) is 0. The minimum Gasteiger partial charge on any atom is -0.849 e. The summed E-state index contributed by atoms with van der Waals surface area (Å²) in [5, 5.41) is 48.0. The zero-order chi connectivity index (χ0) is 29.4. The van der Waals surface area contributed by atoms with Crippen molar-refractivity contribution in [2.45, 2.75) is 104 Å². The second-order valence-electron chi connectivity index (χ2n) is 13.0. The summed E-state index contributed by atoms with van der Waals surface area (Å²) in [4.78, 5) is 3.99. The summed E-state index contributed by atoms with van der Waals surface area (Å²) < 4.78 is 0. The molecule has 2 aromatic rings. The molecule has 0 aliphatic carbocycles. The van der Waals surface area contributed by atoms with E-state index in [2.05, 4.69) is 0 Å². The van der Waals surface area contributed by atoms with Crippen molar-refractivity contribution in [3.8, 4) is 0 Å². The maximum Gasteiger partial charge on any atom is 4.00 e. The predicted molar refractivity (Wildman–Crippen MR) is 149 cm³/mol. The average Bonchev–Trinajstić information content (AvgIpc) is 2.75. The fourth-order valence-electron chi connectivity index (χ4n) is 4.50. The van der Waals surface area contributed by atoms with Crippen molar-refractivity contribution in [1.29, 1.82) is 0 Å². The van der Waals surface area contributed by atoms with E-state index >= 15 is 0 Å². The fraction of sp³-hybridized carbons (Fsp3) is 0.625. The molecular formula is C32H50N2O4Ti. The number of rotatable bonds is 12. The van der Waals surface area contributed by atoms with Gasteiger partial charge in [-0.25, -0.2) is 0 Å². The van der Waals surface area contributed by atoms with Crippen molar-refractivity contribution in [1.82, 2.24) is 9.80 Å². The average molecular weight is 575 g/mol. The van der Waals surface area contributed by atoms with E-state index in [-0.39, 0.29) is 33.8 Å². The van der Waals surface area contributed by atoms with Crippen molar-refractivity contribution in [2.24, 2.45) is 0 Å². The third-order valence-electron chi connectivity index (χ3n) is 5.99. The van der Waals surface area contributed by atoms with Crippen molar-refractivity contribution >= 4 is 0 Å². The number of hydrogen-bond acceptors (Lipinski definition) is 6. The van der Waals surface area contributed by atoms with Crippen LogP contribution in [-0.4, -0.2) is 58.4 Å². The SMILES string of the molecule is C[C@H](c1ccccc1)N(CC(C)(C)[O-])CC(C)(C)[O-].C[C@H](c1ccccc1)N(CC(C)(C)[O-])CC(C)(C)[O-].[Ti+4]. The first-order chi connectivity index (χ1) is 17.2. The molecule has 0 bridgehead atoms. The van der Waals surface area contributed by atoms with Crippen LogP contribution >= 0.6 is 0 Å². The first-order valence-electron chi connectivity index (χ1n) is 13.6. The van der Waals surface area contributed by atoms with Gasteiger partial charge in [-0.15, -0.1) is 22.4 Å². The van der Waals surface area contributed by atoms with Gasteiger partial charge in [-0.1, -0.05) is 116 Å². The summed E-state index contributed by atoms with van der Waals surface area (Å²) in [6, 6.07) is 20.1. The second-order valence-corrected chi connectivity index (χ2v) is 13.0. The fourth-order valence-corrected chi connectivity index (χ4v) is 4.50. The van der Waals surface area contributed by atoms with E-state index in [1.54, 1.807) is 55.4 Å². The minimum absolute atomic E-state index is 0. The van der Waals surface area contributed by atoms with Crippen LogP contribution in [0.15, 0.2) is 60.7 Å². The van der Waals surface area contributed by atoms with Crippen molar-refractivity contribution in [3.05, 3.63) is 71.8 Å². The van der Waals surface area contributed by atoms with Gasteiger partial charge in [0.25, 0.3) is 0 Å². The summed E-state index contributed by atoms with van der Waals surface area (Å²) in [7, 11) is 0. The molecule has 0 spiro atoms. The molecule has 0 aliphatic rings. The van der Waals surface area contributed by atoms with Gasteiger partial charge in [0.2, 0.25) is 0 Å². The Morgan fingerprint density at radius 3 is 0.872 bits per heavy atom. The normalized spacial score (nSPS) is 14.4. The Hall–Kier alpha value is -1.09. The van der Waals surface area contributed by atoms with Crippen LogP contribution in [0.5, 0.6) is 0 Å². The Kier molecular flexibility index (Phi) is 15.3. The van der Waals surface area contributed by atoms with Crippen LogP contribution in [0.1, 0.15) is 92.4 Å². The molecule has 39 heavy (non-hydrogen) atoms. The second kappa shape index (κ2) is 15.8. The van der Waals surface area contributed by atoms with Gasteiger partial charge >= 0.3 is 21.7 Å². The van der Waals surface area contributed by atoms with E-state index in [1.165, 1.54) is 0 Å². The Morgan fingerprint density at radius 2 is 0.692 bits per heavy atom. The molecule has 0 aromatic heterocycles.